The lowest BCUT2D eigenvalue weighted by Crippen LogP contribution is -2.06. The SMILES string of the molecule is C=CC(=O)Cc1ccc(C(=O)Cc2ccc(C)c(Cc3nccc(-c4cncnc4)n3)c2)cc1. The highest BCUT2D eigenvalue weighted by Crippen LogP contribution is 2.19. The number of carbonyl (C=O) groups excluding carboxylic acids is 2. The summed E-state index contributed by atoms with van der Waals surface area (Å²) in [4.78, 5) is 41.6. The minimum absolute atomic E-state index is 0.0266. The molecule has 0 N–H and O–H groups in total. The molecule has 2 aromatic carbocycles. The van der Waals surface area contributed by atoms with E-state index in [0.717, 1.165) is 33.5 Å². The van der Waals surface area contributed by atoms with Crippen LogP contribution in [0.3, 0.4) is 0 Å². The fraction of sp³-hybridized carbons (Fsp3) is 0.143. The molecule has 4 rings (SSSR count). The van der Waals surface area contributed by atoms with Crippen LogP contribution in [-0.4, -0.2) is 31.5 Å². The maximum absolute atomic E-state index is 12.8. The second-order valence-electron chi connectivity index (χ2n) is 8.07. The Labute approximate surface area is 198 Å². The van der Waals surface area contributed by atoms with E-state index in [-0.39, 0.29) is 11.6 Å². The number of aromatic nitrogens is 4. The summed E-state index contributed by atoms with van der Waals surface area (Å²) in [5, 5.41) is 0. The van der Waals surface area contributed by atoms with Gasteiger partial charge in [0.25, 0.3) is 0 Å². The number of nitrogens with zero attached hydrogens (tertiary/aromatic N) is 4. The normalized spacial score (nSPS) is 10.6. The van der Waals surface area contributed by atoms with Gasteiger partial charge in [-0.1, -0.05) is 49.0 Å². The first-order valence-electron chi connectivity index (χ1n) is 10.9. The molecule has 34 heavy (non-hydrogen) atoms. The number of rotatable bonds is 9. The second kappa shape index (κ2) is 10.5. The number of Topliss-reactive ketones (excluding diaryl/α,β-unsaturated/α-hetero) is 1. The molecule has 168 valence electrons. The van der Waals surface area contributed by atoms with Crippen LogP contribution in [0, 0.1) is 6.92 Å². The van der Waals surface area contributed by atoms with Crippen LogP contribution in [0.25, 0.3) is 11.3 Å². The molecule has 0 unspecified atom stereocenters. The predicted molar refractivity (Wildman–Crippen MR) is 130 cm³/mol. The highest BCUT2D eigenvalue weighted by Gasteiger charge is 2.11. The topological polar surface area (TPSA) is 85.7 Å². The van der Waals surface area contributed by atoms with Crippen molar-refractivity contribution < 1.29 is 9.59 Å². The summed E-state index contributed by atoms with van der Waals surface area (Å²) in [6, 6.07) is 15.1. The minimum atomic E-state index is -0.0436. The van der Waals surface area contributed by atoms with E-state index in [2.05, 4.69) is 26.5 Å². The summed E-state index contributed by atoms with van der Waals surface area (Å²) in [5.74, 6) is 0.675. The van der Waals surface area contributed by atoms with Gasteiger partial charge in [0, 0.05) is 49.0 Å². The number of carbonyl (C=O) groups is 2. The summed E-state index contributed by atoms with van der Waals surface area (Å²) < 4.78 is 0. The van der Waals surface area contributed by atoms with E-state index in [1.165, 1.54) is 12.4 Å². The fourth-order valence-corrected chi connectivity index (χ4v) is 3.64. The minimum Gasteiger partial charge on any atom is -0.295 e. The van der Waals surface area contributed by atoms with Crippen molar-refractivity contribution >= 4 is 11.6 Å². The summed E-state index contributed by atoms with van der Waals surface area (Å²) in [6.07, 6.45) is 9.12. The fourth-order valence-electron chi connectivity index (χ4n) is 3.64. The Morgan fingerprint density at radius 1 is 0.941 bits per heavy atom. The van der Waals surface area contributed by atoms with Gasteiger partial charge in [0.2, 0.25) is 0 Å². The van der Waals surface area contributed by atoms with Crippen molar-refractivity contribution in [2.45, 2.75) is 26.2 Å². The van der Waals surface area contributed by atoms with E-state index >= 15 is 0 Å². The van der Waals surface area contributed by atoms with E-state index in [4.69, 9.17) is 0 Å². The van der Waals surface area contributed by atoms with Crippen LogP contribution >= 0.6 is 0 Å². The molecule has 0 aliphatic heterocycles. The lowest BCUT2D eigenvalue weighted by atomic mass is 9.96. The Morgan fingerprint density at radius 2 is 1.68 bits per heavy atom. The number of benzene rings is 2. The zero-order chi connectivity index (χ0) is 23.9. The highest BCUT2D eigenvalue weighted by molar-refractivity contribution is 5.97. The quantitative estimate of drug-likeness (QED) is 0.276. The first-order chi connectivity index (χ1) is 16.5. The molecule has 2 aromatic heterocycles. The molecule has 0 fully saturated rings. The van der Waals surface area contributed by atoms with Crippen molar-refractivity contribution in [1.29, 1.82) is 0 Å². The monoisotopic (exact) mass is 448 g/mol. The van der Waals surface area contributed by atoms with Crippen molar-refractivity contribution in [3.05, 3.63) is 120 Å². The standard InChI is InChI=1S/C28H24N4O2/c1-3-25(33)13-20-6-8-22(9-7-20)27(34)14-21-5-4-19(2)23(12-21)15-28-31-11-10-26(32-28)24-16-29-18-30-17-24/h3-12,16-18H,1,13-15H2,2H3. The molecule has 2 heterocycles. The van der Waals surface area contributed by atoms with Crippen molar-refractivity contribution in [2.24, 2.45) is 0 Å². The molecule has 0 saturated carbocycles. The second-order valence-corrected chi connectivity index (χ2v) is 8.07. The van der Waals surface area contributed by atoms with Crippen LogP contribution in [0.4, 0.5) is 0 Å². The van der Waals surface area contributed by atoms with E-state index < -0.39 is 0 Å². The third kappa shape index (κ3) is 5.72. The molecule has 0 radical (unpaired) electrons. The molecule has 0 atom stereocenters. The van der Waals surface area contributed by atoms with Gasteiger partial charge in [-0.05, 0) is 41.3 Å². The van der Waals surface area contributed by atoms with Gasteiger partial charge >= 0.3 is 0 Å². The number of hydrogen-bond acceptors (Lipinski definition) is 6. The van der Waals surface area contributed by atoms with Crippen molar-refractivity contribution in [2.75, 3.05) is 0 Å². The van der Waals surface area contributed by atoms with Crippen molar-refractivity contribution in [3.8, 4) is 11.3 Å². The van der Waals surface area contributed by atoms with E-state index in [0.29, 0.717) is 30.7 Å². The Bertz CT molecular complexity index is 1330. The lowest BCUT2D eigenvalue weighted by Gasteiger charge is -2.10. The predicted octanol–water partition coefficient (Wildman–Crippen LogP) is 4.56. The van der Waals surface area contributed by atoms with Crippen molar-refractivity contribution in [1.82, 2.24) is 19.9 Å². The van der Waals surface area contributed by atoms with Crippen LogP contribution in [0.15, 0.2) is 86.1 Å². The number of hydrogen-bond donors (Lipinski definition) is 0. The number of allylic oxidation sites excluding steroid dienone is 1. The van der Waals surface area contributed by atoms with Crippen LogP contribution in [0.2, 0.25) is 0 Å². The van der Waals surface area contributed by atoms with Crippen LogP contribution in [-0.2, 0) is 24.1 Å². The first kappa shape index (κ1) is 22.9. The summed E-state index contributed by atoms with van der Waals surface area (Å²) >= 11 is 0. The average Bonchev–Trinajstić information content (AvgIpc) is 2.87. The molecular weight excluding hydrogens is 424 g/mol. The molecule has 0 bridgehead atoms. The maximum Gasteiger partial charge on any atom is 0.167 e. The zero-order valence-corrected chi connectivity index (χ0v) is 18.9. The molecule has 0 aliphatic rings. The summed E-state index contributed by atoms with van der Waals surface area (Å²) in [6.45, 7) is 5.53. The molecular formula is C28H24N4O2. The molecule has 6 heteroatoms. The van der Waals surface area contributed by atoms with Crippen molar-refractivity contribution in [3.63, 3.8) is 0 Å². The Kier molecular flexibility index (Phi) is 7.08. The largest absolute Gasteiger partial charge is 0.295 e. The smallest absolute Gasteiger partial charge is 0.167 e. The van der Waals surface area contributed by atoms with Gasteiger partial charge in [-0.15, -0.1) is 0 Å². The summed E-state index contributed by atoms with van der Waals surface area (Å²) in [5.41, 5.74) is 6.22. The molecule has 0 amide bonds. The van der Waals surface area contributed by atoms with E-state index in [9.17, 15) is 9.59 Å². The van der Waals surface area contributed by atoms with Gasteiger partial charge in [0.1, 0.15) is 12.2 Å². The first-order valence-corrected chi connectivity index (χ1v) is 10.9. The van der Waals surface area contributed by atoms with Gasteiger partial charge < -0.3 is 0 Å². The Balaban J connectivity index is 1.48. The third-order valence-corrected chi connectivity index (χ3v) is 5.57. The Morgan fingerprint density at radius 3 is 2.41 bits per heavy atom. The maximum atomic E-state index is 12.8. The van der Waals surface area contributed by atoms with E-state index in [1.54, 1.807) is 30.7 Å². The van der Waals surface area contributed by atoms with Crippen LogP contribution < -0.4 is 0 Å². The molecule has 6 nitrogen and oxygen atoms in total. The molecule has 0 aliphatic carbocycles. The summed E-state index contributed by atoms with van der Waals surface area (Å²) in [7, 11) is 0. The van der Waals surface area contributed by atoms with Gasteiger partial charge in [-0.2, -0.15) is 0 Å². The lowest BCUT2D eigenvalue weighted by molar-refractivity contribution is -0.114. The van der Waals surface area contributed by atoms with Crippen LogP contribution in [0.1, 0.15) is 38.4 Å². The van der Waals surface area contributed by atoms with Gasteiger partial charge in [0.05, 0.1) is 5.69 Å². The molecule has 4 aromatic rings. The van der Waals surface area contributed by atoms with Crippen LogP contribution in [0.5, 0.6) is 0 Å². The number of ketones is 2. The third-order valence-electron chi connectivity index (χ3n) is 5.57. The van der Waals surface area contributed by atoms with Gasteiger partial charge in [-0.3, -0.25) is 9.59 Å². The Hall–Kier alpha value is -4.32. The zero-order valence-electron chi connectivity index (χ0n) is 18.9. The molecule has 0 spiro atoms. The van der Waals surface area contributed by atoms with E-state index in [1.807, 2.05) is 43.3 Å². The van der Waals surface area contributed by atoms with Gasteiger partial charge in [0.15, 0.2) is 11.6 Å². The highest BCUT2D eigenvalue weighted by atomic mass is 16.1. The number of aryl methyl sites for hydroxylation is 1. The van der Waals surface area contributed by atoms with Gasteiger partial charge in [-0.25, -0.2) is 19.9 Å². The molecule has 0 saturated heterocycles. The average molecular weight is 449 g/mol.